The number of anilines is 1. The smallest absolute Gasteiger partial charge is 0.262 e. The number of carbonyl (C=O) groups excluding carboxylic acids is 1. The molecule has 0 unspecified atom stereocenters. The maximum atomic E-state index is 12.5. The third kappa shape index (κ3) is 4.75. The molecule has 0 fully saturated rings. The summed E-state index contributed by atoms with van der Waals surface area (Å²) >= 11 is 0. The van der Waals surface area contributed by atoms with Gasteiger partial charge in [0.15, 0.2) is 6.61 Å². The molecule has 152 valence electrons. The highest BCUT2D eigenvalue weighted by atomic mass is 32.2. The molecule has 3 aromatic carbocycles. The van der Waals surface area contributed by atoms with Crippen molar-refractivity contribution in [2.75, 3.05) is 19.0 Å². The number of fused-ring (bicyclic) bond motifs is 1. The third-order valence-electron chi connectivity index (χ3n) is 4.65. The van der Waals surface area contributed by atoms with E-state index in [1.165, 1.54) is 16.4 Å². The summed E-state index contributed by atoms with van der Waals surface area (Å²) in [6.45, 7) is 3.47. The van der Waals surface area contributed by atoms with Crippen molar-refractivity contribution in [1.29, 1.82) is 0 Å². The Bertz CT molecular complexity index is 1100. The van der Waals surface area contributed by atoms with Crippen LogP contribution in [0, 0.1) is 0 Å². The molecule has 7 heteroatoms. The lowest BCUT2D eigenvalue weighted by molar-refractivity contribution is -0.118. The van der Waals surface area contributed by atoms with Gasteiger partial charge in [-0.2, -0.15) is 4.31 Å². The number of hydrogen-bond acceptors (Lipinski definition) is 4. The summed E-state index contributed by atoms with van der Waals surface area (Å²) in [6.07, 6.45) is 0. The molecule has 0 aliphatic rings. The van der Waals surface area contributed by atoms with Gasteiger partial charge < -0.3 is 10.1 Å². The molecule has 1 amide bonds. The van der Waals surface area contributed by atoms with E-state index in [0.29, 0.717) is 11.4 Å². The van der Waals surface area contributed by atoms with Crippen LogP contribution in [-0.2, 0) is 14.8 Å². The minimum absolute atomic E-state index is 0.148. The molecular formula is C22H24N2O4S. The Kier molecular flexibility index (Phi) is 6.20. The van der Waals surface area contributed by atoms with E-state index in [1.54, 1.807) is 19.2 Å². The number of rotatable bonds is 7. The average molecular weight is 413 g/mol. The molecule has 0 radical (unpaired) electrons. The molecule has 29 heavy (non-hydrogen) atoms. The Morgan fingerprint density at radius 2 is 1.66 bits per heavy atom. The largest absolute Gasteiger partial charge is 0.483 e. The molecule has 0 atom stereocenters. The van der Waals surface area contributed by atoms with Gasteiger partial charge in [-0.05, 0) is 49.6 Å². The molecule has 1 N–H and O–H groups in total. The Morgan fingerprint density at radius 3 is 2.34 bits per heavy atom. The first-order valence-electron chi connectivity index (χ1n) is 9.27. The number of nitrogens with one attached hydrogen (secondary N) is 1. The van der Waals surface area contributed by atoms with Crippen molar-refractivity contribution in [3.63, 3.8) is 0 Å². The minimum atomic E-state index is -3.55. The van der Waals surface area contributed by atoms with Gasteiger partial charge in [0.2, 0.25) is 10.0 Å². The topological polar surface area (TPSA) is 75.7 Å². The summed E-state index contributed by atoms with van der Waals surface area (Å²) in [5, 5.41) is 4.69. The van der Waals surface area contributed by atoms with E-state index < -0.39 is 10.0 Å². The van der Waals surface area contributed by atoms with E-state index >= 15 is 0 Å². The van der Waals surface area contributed by atoms with Crippen LogP contribution in [0.4, 0.5) is 5.69 Å². The van der Waals surface area contributed by atoms with Crippen LogP contribution in [0.25, 0.3) is 10.8 Å². The second-order valence-corrected chi connectivity index (χ2v) is 8.95. The van der Waals surface area contributed by atoms with Crippen molar-refractivity contribution >= 4 is 32.4 Å². The standard InChI is InChI=1S/C22H24N2O4S/c1-16(2)24(3)29(26,27)19-13-11-18(12-14-19)23-22(25)15-28-21-10-6-8-17-7-4-5-9-20(17)21/h4-14,16H,15H2,1-3H3,(H,23,25). The number of ether oxygens (including phenoxy) is 1. The normalized spacial score (nSPS) is 11.8. The van der Waals surface area contributed by atoms with Gasteiger partial charge in [-0.25, -0.2) is 8.42 Å². The van der Waals surface area contributed by atoms with Crippen molar-refractivity contribution in [1.82, 2.24) is 4.31 Å². The highest BCUT2D eigenvalue weighted by molar-refractivity contribution is 7.89. The van der Waals surface area contributed by atoms with Gasteiger partial charge in [0.05, 0.1) is 4.90 Å². The molecule has 0 heterocycles. The second kappa shape index (κ2) is 8.63. The lowest BCUT2D eigenvalue weighted by Crippen LogP contribution is -2.33. The third-order valence-corrected chi connectivity index (χ3v) is 6.70. The maximum absolute atomic E-state index is 12.5. The van der Waals surface area contributed by atoms with Crippen molar-refractivity contribution in [2.45, 2.75) is 24.8 Å². The Balaban J connectivity index is 1.64. The predicted molar refractivity (Wildman–Crippen MR) is 115 cm³/mol. The SMILES string of the molecule is CC(C)N(C)S(=O)(=O)c1ccc(NC(=O)COc2cccc3ccccc23)cc1. The molecule has 0 saturated carbocycles. The van der Waals surface area contributed by atoms with Gasteiger partial charge in [0, 0.05) is 24.2 Å². The molecular weight excluding hydrogens is 388 g/mol. The van der Waals surface area contributed by atoms with Crippen LogP contribution in [0.15, 0.2) is 71.6 Å². The Morgan fingerprint density at radius 1 is 1.00 bits per heavy atom. The molecule has 0 aliphatic carbocycles. The van der Waals surface area contributed by atoms with Crippen LogP contribution in [0.2, 0.25) is 0 Å². The van der Waals surface area contributed by atoms with Crippen LogP contribution < -0.4 is 10.1 Å². The predicted octanol–water partition coefficient (Wildman–Crippen LogP) is 3.89. The zero-order valence-corrected chi connectivity index (χ0v) is 17.4. The van der Waals surface area contributed by atoms with E-state index in [9.17, 15) is 13.2 Å². The summed E-state index contributed by atoms with van der Waals surface area (Å²) in [7, 11) is -2.01. The number of benzene rings is 3. The van der Waals surface area contributed by atoms with Gasteiger partial charge >= 0.3 is 0 Å². The molecule has 0 spiro atoms. The summed E-state index contributed by atoms with van der Waals surface area (Å²) < 4.78 is 32.0. The van der Waals surface area contributed by atoms with E-state index in [4.69, 9.17) is 4.74 Å². The number of sulfonamides is 1. The molecule has 3 aromatic rings. The van der Waals surface area contributed by atoms with Crippen LogP contribution in [0.5, 0.6) is 5.75 Å². The molecule has 0 aromatic heterocycles. The highest BCUT2D eigenvalue weighted by Crippen LogP contribution is 2.25. The first-order chi connectivity index (χ1) is 13.8. The van der Waals surface area contributed by atoms with Gasteiger partial charge in [0.25, 0.3) is 5.91 Å². The number of amides is 1. The summed E-state index contributed by atoms with van der Waals surface area (Å²) in [6, 6.07) is 19.4. The first-order valence-corrected chi connectivity index (χ1v) is 10.7. The lowest BCUT2D eigenvalue weighted by atomic mass is 10.1. The number of nitrogens with zero attached hydrogens (tertiary/aromatic N) is 1. The lowest BCUT2D eigenvalue weighted by Gasteiger charge is -2.21. The molecule has 0 saturated heterocycles. The zero-order chi connectivity index (χ0) is 21.0. The van der Waals surface area contributed by atoms with E-state index in [2.05, 4.69) is 5.32 Å². The maximum Gasteiger partial charge on any atom is 0.262 e. The van der Waals surface area contributed by atoms with Crippen LogP contribution in [0.1, 0.15) is 13.8 Å². The van der Waals surface area contributed by atoms with Crippen LogP contribution >= 0.6 is 0 Å². The fourth-order valence-corrected chi connectivity index (χ4v) is 4.18. The molecule has 6 nitrogen and oxygen atoms in total. The molecule has 3 rings (SSSR count). The van der Waals surface area contributed by atoms with Gasteiger partial charge in [-0.3, -0.25) is 4.79 Å². The fraction of sp³-hybridized carbons (Fsp3) is 0.227. The number of hydrogen-bond donors (Lipinski definition) is 1. The van der Waals surface area contributed by atoms with Gasteiger partial charge in [0.1, 0.15) is 5.75 Å². The van der Waals surface area contributed by atoms with Crippen molar-refractivity contribution in [3.05, 3.63) is 66.7 Å². The Hall–Kier alpha value is -2.90. The zero-order valence-electron chi connectivity index (χ0n) is 16.6. The summed E-state index contributed by atoms with van der Waals surface area (Å²) in [5.41, 5.74) is 0.502. The minimum Gasteiger partial charge on any atom is -0.483 e. The Labute approximate surface area is 171 Å². The van der Waals surface area contributed by atoms with Gasteiger partial charge in [-0.15, -0.1) is 0 Å². The quantitative estimate of drug-likeness (QED) is 0.639. The van der Waals surface area contributed by atoms with E-state index in [-0.39, 0.29) is 23.5 Å². The monoisotopic (exact) mass is 412 g/mol. The van der Waals surface area contributed by atoms with Crippen molar-refractivity contribution < 1.29 is 17.9 Å². The van der Waals surface area contributed by atoms with E-state index in [1.807, 2.05) is 56.3 Å². The second-order valence-electron chi connectivity index (χ2n) is 6.95. The fourth-order valence-electron chi connectivity index (χ4n) is 2.82. The van der Waals surface area contributed by atoms with Gasteiger partial charge in [-0.1, -0.05) is 36.4 Å². The van der Waals surface area contributed by atoms with Crippen LogP contribution in [0.3, 0.4) is 0 Å². The van der Waals surface area contributed by atoms with Crippen LogP contribution in [-0.4, -0.2) is 38.3 Å². The molecule has 0 bridgehead atoms. The average Bonchev–Trinajstić information content (AvgIpc) is 2.72. The van der Waals surface area contributed by atoms with E-state index in [0.717, 1.165) is 10.8 Å². The summed E-state index contributed by atoms with van der Waals surface area (Å²) in [4.78, 5) is 12.4. The summed E-state index contributed by atoms with van der Waals surface area (Å²) in [5.74, 6) is 0.309. The highest BCUT2D eigenvalue weighted by Gasteiger charge is 2.22. The molecule has 0 aliphatic heterocycles. The number of carbonyl (C=O) groups is 1. The van der Waals surface area contributed by atoms with Crippen molar-refractivity contribution in [3.8, 4) is 5.75 Å². The van der Waals surface area contributed by atoms with Crippen molar-refractivity contribution in [2.24, 2.45) is 0 Å². The first kappa shape index (κ1) is 20.8.